The number of aliphatic hydroxyl groups is 4. The van der Waals surface area contributed by atoms with Gasteiger partial charge in [0.15, 0.2) is 12.2 Å². The molecule has 0 radical (unpaired) electrons. The van der Waals surface area contributed by atoms with Gasteiger partial charge in [0.2, 0.25) is 5.91 Å². The normalized spacial score (nSPS) is 17.7. The van der Waals surface area contributed by atoms with Crippen LogP contribution in [0.25, 0.3) is 0 Å². The summed E-state index contributed by atoms with van der Waals surface area (Å²) in [6.45, 7) is 0.972. The lowest BCUT2D eigenvalue weighted by Crippen LogP contribution is -2.53. The monoisotopic (exact) mass is 251 g/mol. The molecule has 4 atom stereocenters. The van der Waals surface area contributed by atoms with Crippen molar-refractivity contribution in [1.82, 2.24) is 5.32 Å². The fraction of sp³-hybridized carbons (Fsp3) is 0.625. The molecule has 0 fully saturated rings. The standard InChI is InChI=1S/C8H13NO8/c1-2(10)9-7(15)5(13)3(11)4(12)6(14)8(16)17/h3-6,11-14H,1H3,(H,16,17)(H,9,10,15)/t3-,4+,5-,6-/m0/s1. The Morgan fingerprint density at radius 2 is 1.35 bits per heavy atom. The van der Waals surface area contributed by atoms with Gasteiger partial charge in [-0.05, 0) is 0 Å². The Bertz CT molecular complexity index is 317. The molecule has 0 aromatic carbocycles. The highest BCUT2D eigenvalue weighted by Crippen LogP contribution is 2.05. The maximum Gasteiger partial charge on any atom is 0.335 e. The van der Waals surface area contributed by atoms with Crippen LogP contribution < -0.4 is 5.32 Å². The molecule has 0 saturated heterocycles. The van der Waals surface area contributed by atoms with Gasteiger partial charge >= 0.3 is 5.97 Å². The van der Waals surface area contributed by atoms with E-state index in [1.165, 1.54) is 0 Å². The molecule has 0 spiro atoms. The van der Waals surface area contributed by atoms with Crippen molar-refractivity contribution in [2.24, 2.45) is 0 Å². The average molecular weight is 251 g/mol. The molecule has 0 aliphatic carbocycles. The second kappa shape index (κ2) is 6.25. The quantitative estimate of drug-likeness (QED) is 0.289. The number of hydrogen-bond acceptors (Lipinski definition) is 7. The van der Waals surface area contributed by atoms with E-state index in [1.54, 1.807) is 5.32 Å². The van der Waals surface area contributed by atoms with Crippen molar-refractivity contribution in [1.29, 1.82) is 0 Å². The van der Waals surface area contributed by atoms with Gasteiger partial charge in [0, 0.05) is 6.92 Å². The van der Waals surface area contributed by atoms with Crippen molar-refractivity contribution in [2.75, 3.05) is 0 Å². The lowest BCUT2D eigenvalue weighted by molar-refractivity contribution is -0.166. The zero-order valence-corrected chi connectivity index (χ0v) is 8.77. The van der Waals surface area contributed by atoms with Crippen LogP contribution in [0.1, 0.15) is 6.92 Å². The number of aliphatic hydroxyl groups excluding tert-OH is 4. The first-order chi connectivity index (χ1) is 7.68. The van der Waals surface area contributed by atoms with Gasteiger partial charge in [0.05, 0.1) is 0 Å². The van der Waals surface area contributed by atoms with Crippen LogP contribution in [0.3, 0.4) is 0 Å². The average Bonchev–Trinajstić information content (AvgIpc) is 2.23. The predicted octanol–water partition coefficient (Wildman–Crippen LogP) is -3.82. The molecule has 0 rings (SSSR count). The van der Waals surface area contributed by atoms with Crippen molar-refractivity contribution in [2.45, 2.75) is 31.3 Å². The fourth-order valence-corrected chi connectivity index (χ4v) is 0.922. The summed E-state index contributed by atoms with van der Waals surface area (Å²) in [5.74, 6) is -3.97. The van der Waals surface area contributed by atoms with Crippen LogP contribution in [0.5, 0.6) is 0 Å². The van der Waals surface area contributed by atoms with Gasteiger partial charge in [-0.3, -0.25) is 14.9 Å². The zero-order chi connectivity index (χ0) is 13.7. The van der Waals surface area contributed by atoms with E-state index in [9.17, 15) is 19.5 Å². The van der Waals surface area contributed by atoms with Gasteiger partial charge in [0.1, 0.15) is 12.2 Å². The van der Waals surface area contributed by atoms with Crippen molar-refractivity contribution in [3.8, 4) is 0 Å². The van der Waals surface area contributed by atoms with E-state index in [0.29, 0.717) is 0 Å². The minimum Gasteiger partial charge on any atom is -0.479 e. The Hall–Kier alpha value is -1.55. The highest BCUT2D eigenvalue weighted by molar-refractivity contribution is 5.96. The molecule has 9 heteroatoms. The zero-order valence-electron chi connectivity index (χ0n) is 8.77. The van der Waals surface area contributed by atoms with Crippen LogP contribution in [-0.4, -0.2) is 67.7 Å². The molecule has 0 bridgehead atoms. The van der Waals surface area contributed by atoms with Crippen molar-refractivity contribution < 1.29 is 39.9 Å². The Morgan fingerprint density at radius 1 is 0.941 bits per heavy atom. The fourth-order valence-electron chi connectivity index (χ4n) is 0.922. The number of hydrogen-bond donors (Lipinski definition) is 6. The molecule has 0 aromatic heterocycles. The number of carboxylic acids is 1. The number of amides is 2. The largest absolute Gasteiger partial charge is 0.479 e. The lowest BCUT2D eigenvalue weighted by atomic mass is 10.0. The third-order valence-electron chi connectivity index (χ3n) is 1.82. The highest BCUT2D eigenvalue weighted by Gasteiger charge is 2.37. The van der Waals surface area contributed by atoms with Gasteiger partial charge in [-0.25, -0.2) is 4.79 Å². The summed E-state index contributed by atoms with van der Waals surface area (Å²) in [7, 11) is 0. The topological polar surface area (TPSA) is 164 Å². The van der Waals surface area contributed by atoms with E-state index in [1.807, 2.05) is 0 Å². The summed E-state index contributed by atoms with van der Waals surface area (Å²) in [5, 5.41) is 46.2. The van der Waals surface area contributed by atoms with Gasteiger partial charge in [-0.15, -0.1) is 0 Å². The maximum absolute atomic E-state index is 11.0. The number of carbonyl (C=O) groups excluding carboxylic acids is 2. The van der Waals surface area contributed by atoms with E-state index in [-0.39, 0.29) is 0 Å². The minimum atomic E-state index is -2.37. The molecule has 98 valence electrons. The number of aliphatic carboxylic acids is 1. The highest BCUT2D eigenvalue weighted by atomic mass is 16.4. The molecule has 0 aliphatic heterocycles. The molecule has 2 amide bonds. The molecule has 0 aromatic rings. The summed E-state index contributed by atoms with van der Waals surface area (Å²) >= 11 is 0. The third-order valence-corrected chi connectivity index (χ3v) is 1.82. The Kier molecular flexibility index (Phi) is 5.68. The Balaban J connectivity index is 4.58. The summed E-state index contributed by atoms with van der Waals surface area (Å²) in [4.78, 5) is 31.7. The molecular formula is C8H13NO8. The Morgan fingerprint density at radius 3 is 1.71 bits per heavy atom. The molecule has 0 saturated carbocycles. The van der Waals surface area contributed by atoms with Crippen LogP contribution in [0.4, 0.5) is 0 Å². The molecule has 9 nitrogen and oxygen atoms in total. The van der Waals surface area contributed by atoms with Gasteiger partial charge in [0.25, 0.3) is 5.91 Å². The summed E-state index contributed by atoms with van der Waals surface area (Å²) in [5.41, 5.74) is 0. The van der Waals surface area contributed by atoms with E-state index in [0.717, 1.165) is 6.92 Å². The van der Waals surface area contributed by atoms with E-state index in [2.05, 4.69) is 0 Å². The SMILES string of the molecule is CC(=O)NC(=O)[C@@H](O)[C@@H](O)[C@@H](O)[C@H](O)C(=O)O. The first kappa shape index (κ1) is 15.4. The smallest absolute Gasteiger partial charge is 0.335 e. The summed E-state index contributed by atoms with van der Waals surface area (Å²) in [6, 6.07) is 0. The lowest BCUT2D eigenvalue weighted by Gasteiger charge is -2.23. The van der Waals surface area contributed by atoms with Crippen LogP contribution in [0.2, 0.25) is 0 Å². The van der Waals surface area contributed by atoms with E-state index >= 15 is 0 Å². The van der Waals surface area contributed by atoms with Gasteiger partial charge < -0.3 is 25.5 Å². The van der Waals surface area contributed by atoms with Crippen LogP contribution in [-0.2, 0) is 14.4 Å². The molecular weight excluding hydrogens is 238 g/mol. The van der Waals surface area contributed by atoms with Crippen LogP contribution in [0.15, 0.2) is 0 Å². The maximum atomic E-state index is 11.0. The molecule has 0 aliphatic rings. The van der Waals surface area contributed by atoms with Gasteiger partial charge in [-0.1, -0.05) is 0 Å². The minimum absolute atomic E-state index is 0.811. The molecule has 0 heterocycles. The van der Waals surface area contributed by atoms with E-state index < -0.39 is 42.2 Å². The van der Waals surface area contributed by atoms with E-state index in [4.69, 9.17) is 20.4 Å². The first-order valence-corrected chi connectivity index (χ1v) is 4.45. The number of imide groups is 1. The number of rotatable bonds is 5. The second-order valence-electron chi connectivity index (χ2n) is 3.25. The second-order valence-corrected chi connectivity index (χ2v) is 3.25. The summed E-state index contributed by atoms with van der Waals surface area (Å²) in [6.07, 6.45) is -9.15. The number of carboxylic acid groups (broad SMARTS) is 1. The van der Waals surface area contributed by atoms with Crippen molar-refractivity contribution in [3.63, 3.8) is 0 Å². The van der Waals surface area contributed by atoms with Crippen molar-refractivity contribution in [3.05, 3.63) is 0 Å². The van der Waals surface area contributed by atoms with Crippen LogP contribution in [0, 0.1) is 0 Å². The van der Waals surface area contributed by atoms with Crippen molar-refractivity contribution >= 4 is 17.8 Å². The third kappa shape index (κ3) is 4.44. The molecule has 0 unspecified atom stereocenters. The molecule has 6 N–H and O–H groups in total. The van der Waals surface area contributed by atoms with Crippen LogP contribution >= 0.6 is 0 Å². The first-order valence-electron chi connectivity index (χ1n) is 4.45. The summed E-state index contributed by atoms with van der Waals surface area (Å²) < 4.78 is 0. The van der Waals surface area contributed by atoms with Gasteiger partial charge in [-0.2, -0.15) is 0 Å². The number of nitrogens with one attached hydrogen (secondary N) is 1. The number of carbonyl (C=O) groups is 3. The predicted molar refractivity (Wildman–Crippen MR) is 50.5 cm³/mol. The Labute approximate surface area is 95.3 Å². The molecule has 17 heavy (non-hydrogen) atoms.